The van der Waals surface area contributed by atoms with Crippen molar-refractivity contribution < 1.29 is 9.50 Å². The molecule has 1 heterocycles. The number of hydrogen-bond acceptors (Lipinski definition) is 2. The van der Waals surface area contributed by atoms with Gasteiger partial charge in [0.25, 0.3) is 0 Å². The summed E-state index contributed by atoms with van der Waals surface area (Å²) in [4.78, 5) is 0. The predicted molar refractivity (Wildman–Crippen MR) is 70.8 cm³/mol. The molecule has 1 aliphatic rings. The van der Waals surface area contributed by atoms with Gasteiger partial charge in [-0.1, -0.05) is 19.9 Å². The second-order valence-electron chi connectivity index (χ2n) is 5.56. The minimum absolute atomic E-state index is 0.210. The molecule has 0 saturated carbocycles. The van der Waals surface area contributed by atoms with Crippen LogP contribution < -0.4 is 0 Å². The number of aliphatic hydroxyl groups is 1. The van der Waals surface area contributed by atoms with Crippen LogP contribution in [0.15, 0.2) is 18.2 Å². The first-order chi connectivity index (χ1) is 7.85. The lowest BCUT2D eigenvalue weighted by Gasteiger charge is -2.46. The Kier molecular flexibility index (Phi) is 3.25. The number of benzene rings is 1. The monoisotopic (exact) mass is 254 g/mol. The Morgan fingerprint density at radius 2 is 2.00 bits per heavy atom. The number of hydrogen-bond donors (Lipinski definition) is 1. The lowest BCUT2D eigenvalue weighted by atomic mass is 9.69. The zero-order valence-electron chi connectivity index (χ0n) is 10.6. The van der Waals surface area contributed by atoms with Gasteiger partial charge in [-0.2, -0.15) is 11.8 Å². The molecule has 1 aromatic carbocycles. The van der Waals surface area contributed by atoms with Crippen LogP contribution in [0, 0.1) is 18.2 Å². The Bertz CT molecular complexity index is 410. The maximum atomic E-state index is 13.5. The normalized spacial score (nSPS) is 28.1. The van der Waals surface area contributed by atoms with Gasteiger partial charge >= 0.3 is 0 Å². The van der Waals surface area contributed by atoms with Gasteiger partial charge in [0.15, 0.2) is 0 Å². The van der Waals surface area contributed by atoms with Gasteiger partial charge in [-0.05, 0) is 47.8 Å². The summed E-state index contributed by atoms with van der Waals surface area (Å²) in [5, 5.41) is 10.9. The van der Waals surface area contributed by atoms with Crippen LogP contribution in [-0.2, 0) is 5.60 Å². The van der Waals surface area contributed by atoms with Gasteiger partial charge in [-0.15, -0.1) is 0 Å². The minimum Gasteiger partial charge on any atom is -0.384 e. The fraction of sp³-hybridized carbons (Fsp3) is 0.571. The summed E-state index contributed by atoms with van der Waals surface area (Å²) < 4.78 is 13.5. The molecule has 1 saturated heterocycles. The molecule has 2 rings (SSSR count). The fourth-order valence-electron chi connectivity index (χ4n) is 2.40. The van der Waals surface area contributed by atoms with Gasteiger partial charge in [-0.25, -0.2) is 4.39 Å². The molecule has 1 unspecified atom stereocenters. The lowest BCUT2D eigenvalue weighted by Crippen LogP contribution is -2.47. The van der Waals surface area contributed by atoms with E-state index in [-0.39, 0.29) is 11.2 Å². The average Bonchev–Trinajstić information content (AvgIpc) is 2.21. The van der Waals surface area contributed by atoms with Crippen molar-refractivity contribution in [3.63, 3.8) is 0 Å². The highest BCUT2D eigenvalue weighted by Crippen LogP contribution is 2.48. The molecule has 0 spiro atoms. The van der Waals surface area contributed by atoms with Crippen molar-refractivity contribution in [2.75, 3.05) is 11.5 Å². The molecule has 0 amide bonds. The Morgan fingerprint density at radius 3 is 2.59 bits per heavy atom. The molecule has 0 radical (unpaired) electrons. The van der Waals surface area contributed by atoms with Crippen molar-refractivity contribution in [1.29, 1.82) is 0 Å². The van der Waals surface area contributed by atoms with Gasteiger partial charge in [0.05, 0.1) is 0 Å². The molecule has 0 bridgehead atoms. The zero-order chi connectivity index (χ0) is 12.7. The van der Waals surface area contributed by atoms with Crippen molar-refractivity contribution in [3.05, 3.63) is 35.1 Å². The van der Waals surface area contributed by atoms with Gasteiger partial charge in [0.1, 0.15) is 11.4 Å². The van der Waals surface area contributed by atoms with E-state index in [9.17, 15) is 9.50 Å². The molecule has 1 N–H and O–H groups in total. The molecule has 1 nitrogen and oxygen atoms in total. The molecule has 0 aliphatic carbocycles. The van der Waals surface area contributed by atoms with Gasteiger partial charge in [0.2, 0.25) is 0 Å². The second-order valence-corrected chi connectivity index (χ2v) is 6.67. The number of thioether (sulfide) groups is 1. The van der Waals surface area contributed by atoms with E-state index in [1.165, 1.54) is 12.1 Å². The molecule has 17 heavy (non-hydrogen) atoms. The van der Waals surface area contributed by atoms with Crippen molar-refractivity contribution in [2.24, 2.45) is 5.41 Å². The Hall–Kier alpha value is -0.540. The first-order valence-electron chi connectivity index (χ1n) is 5.93. The summed E-state index contributed by atoms with van der Waals surface area (Å²) in [6.45, 7) is 5.98. The molecule has 1 atom stereocenters. The minimum atomic E-state index is -0.928. The molecular formula is C14H19FOS. The molecule has 1 fully saturated rings. The maximum Gasteiger partial charge on any atom is 0.123 e. The smallest absolute Gasteiger partial charge is 0.123 e. The second kappa shape index (κ2) is 4.29. The van der Waals surface area contributed by atoms with Gasteiger partial charge in [0, 0.05) is 5.75 Å². The lowest BCUT2D eigenvalue weighted by molar-refractivity contribution is -0.0581. The first kappa shape index (κ1) is 12.9. The summed E-state index contributed by atoms with van der Waals surface area (Å²) in [5.41, 5.74) is 0.438. The van der Waals surface area contributed by atoms with Crippen LogP contribution in [0.4, 0.5) is 4.39 Å². The highest BCUT2D eigenvalue weighted by molar-refractivity contribution is 7.99. The summed E-state index contributed by atoms with van der Waals surface area (Å²) in [7, 11) is 0. The van der Waals surface area contributed by atoms with Crippen molar-refractivity contribution >= 4 is 11.8 Å². The zero-order valence-corrected chi connectivity index (χ0v) is 11.4. The number of aryl methyl sites for hydroxylation is 1. The number of halogens is 1. The molecule has 94 valence electrons. The summed E-state index contributed by atoms with van der Waals surface area (Å²) >= 11 is 1.74. The van der Waals surface area contributed by atoms with Crippen molar-refractivity contribution in [3.8, 4) is 0 Å². The first-order valence-corrected chi connectivity index (χ1v) is 7.08. The van der Waals surface area contributed by atoms with Crippen LogP contribution in [0.25, 0.3) is 0 Å². The van der Waals surface area contributed by atoms with E-state index in [0.29, 0.717) is 11.3 Å². The van der Waals surface area contributed by atoms with Gasteiger partial charge in [-0.3, -0.25) is 0 Å². The molecule has 0 aromatic heterocycles. The number of rotatable bonds is 1. The van der Waals surface area contributed by atoms with E-state index in [2.05, 4.69) is 13.8 Å². The predicted octanol–water partition coefficient (Wildman–Crippen LogP) is 3.48. The third kappa shape index (κ3) is 2.23. The molecule has 3 heteroatoms. The van der Waals surface area contributed by atoms with E-state index < -0.39 is 5.60 Å². The van der Waals surface area contributed by atoms with Crippen LogP contribution in [-0.4, -0.2) is 16.6 Å². The topological polar surface area (TPSA) is 20.2 Å². The Morgan fingerprint density at radius 1 is 1.29 bits per heavy atom. The molecular weight excluding hydrogens is 235 g/mol. The molecule has 1 aromatic rings. The third-order valence-corrected chi connectivity index (χ3v) is 4.94. The van der Waals surface area contributed by atoms with Crippen LogP contribution in [0.3, 0.4) is 0 Å². The van der Waals surface area contributed by atoms with Crippen LogP contribution in [0.5, 0.6) is 0 Å². The standard InChI is InChI=1S/C14H19FOS/c1-10-6-11(8-12(15)7-10)14(16)9-17-5-4-13(14,2)3/h6-8,16H,4-5,9H2,1-3H3. The van der Waals surface area contributed by atoms with E-state index in [1.807, 2.05) is 13.0 Å². The van der Waals surface area contributed by atoms with E-state index >= 15 is 0 Å². The summed E-state index contributed by atoms with van der Waals surface area (Å²) in [6.07, 6.45) is 0.948. The average molecular weight is 254 g/mol. The van der Waals surface area contributed by atoms with Crippen LogP contribution in [0.2, 0.25) is 0 Å². The summed E-state index contributed by atoms with van der Waals surface area (Å²) in [6, 6.07) is 4.87. The van der Waals surface area contributed by atoms with E-state index in [0.717, 1.165) is 17.7 Å². The summed E-state index contributed by atoms with van der Waals surface area (Å²) in [5.74, 6) is 1.44. The Labute approximate surface area is 106 Å². The van der Waals surface area contributed by atoms with Gasteiger partial charge < -0.3 is 5.11 Å². The molecule has 1 aliphatic heterocycles. The van der Waals surface area contributed by atoms with Crippen LogP contribution >= 0.6 is 11.8 Å². The van der Waals surface area contributed by atoms with E-state index in [1.54, 1.807) is 11.8 Å². The van der Waals surface area contributed by atoms with Crippen molar-refractivity contribution in [1.82, 2.24) is 0 Å². The fourth-order valence-corrected chi connectivity index (χ4v) is 4.05. The third-order valence-electron chi connectivity index (χ3n) is 3.82. The SMILES string of the molecule is Cc1cc(F)cc(C2(O)CSCCC2(C)C)c1. The quantitative estimate of drug-likeness (QED) is 0.828. The highest BCUT2D eigenvalue weighted by atomic mass is 32.2. The van der Waals surface area contributed by atoms with Crippen LogP contribution in [0.1, 0.15) is 31.4 Å². The highest BCUT2D eigenvalue weighted by Gasteiger charge is 2.47. The largest absolute Gasteiger partial charge is 0.384 e. The maximum absolute atomic E-state index is 13.5. The Balaban J connectivity index is 2.49. The van der Waals surface area contributed by atoms with E-state index in [4.69, 9.17) is 0 Å². The van der Waals surface area contributed by atoms with Crippen molar-refractivity contribution in [2.45, 2.75) is 32.8 Å².